The lowest BCUT2D eigenvalue weighted by Gasteiger charge is -2.24. The predicted octanol–water partition coefficient (Wildman–Crippen LogP) is 1.69. The first-order valence-electron chi connectivity index (χ1n) is 5.95. The molecule has 3 heteroatoms. The maximum absolute atomic E-state index is 9.80. The average Bonchev–Trinajstić information content (AvgIpc) is 2.45. The Morgan fingerprint density at radius 3 is 2.67 bits per heavy atom. The average molecular weight is 215 g/mol. The Labute approximate surface area is 93.2 Å². The van der Waals surface area contributed by atoms with Crippen molar-refractivity contribution in [2.24, 2.45) is 0 Å². The van der Waals surface area contributed by atoms with E-state index in [1.807, 2.05) is 13.8 Å². The van der Waals surface area contributed by atoms with Gasteiger partial charge in [0.15, 0.2) is 0 Å². The van der Waals surface area contributed by atoms with Crippen molar-refractivity contribution in [3.05, 3.63) is 0 Å². The Bertz CT molecular complexity index is 202. The van der Waals surface area contributed by atoms with Gasteiger partial charge in [-0.25, -0.2) is 0 Å². The lowest BCUT2D eigenvalue weighted by molar-refractivity contribution is -0.0174. The quantitative estimate of drug-likeness (QED) is 0.733. The Balaban J connectivity index is 2.17. The summed E-state index contributed by atoms with van der Waals surface area (Å²) < 4.78 is 5.85. The molecular formula is C12H25NO2. The van der Waals surface area contributed by atoms with Gasteiger partial charge in [-0.05, 0) is 40.0 Å². The molecule has 90 valence electrons. The van der Waals surface area contributed by atoms with E-state index in [1.165, 1.54) is 0 Å². The molecule has 3 nitrogen and oxygen atoms in total. The summed E-state index contributed by atoms with van der Waals surface area (Å²) in [5.41, 5.74) is -0.548. The van der Waals surface area contributed by atoms with Crippen molar-refractivity contribution in [1.82, 2.24) is 5.32 Å². The van der Waals surface area contributed by atoms with Gasteiger partial charge in [0.05, 0.1) is 17.3 Å². The summed E-state index contributed by atoms with van der Waals surface area (Å²) in [6, 6.07) is 0. The summed E-state index contributed by atoms with van der Waals surface area (Å²) in [5, 5.41) is 13.1. The van der Waals surface area contributed by atoms with Gasteiger partial charge in [0, 0.05) is 13.1 Å². The first kappa shape index (κ1) is 12.9. The van der Waals surface area contributed by atoms with Crippen LogP contribution in [0.15, 0.2) is 0 Å². The maximum Gasteiger partial charge on any atom is 0.0741 e. The highest BCUT2D eigenvalue weighted by Gasteiger charge is 2.31. The van der Waals surface area contributed by atoms with Crippen LogP contribution in [0, 0.1) is 0 Å². The predicted molar refractivity (Wildman–Crippen MR) is 62.0 cm³/mol. The van der Waals surface area contributed by atoms with Crippen molar-refractivity contribution in [3.8, 4) is 0 Å². The smallest absolute Gasteiger partial charge is 0.0741 e. The Kier molecular flexibility index (Phi) is 4.15. The molecule has 2 unspecified atom stereocenters. The molecule has 0 aromatic heterocycles. The number of hydrogen-bond acceptors (Lipinski definition) is 3. The molecular weight excluding hydrogens is 190 g/mol. The second-order valence-corrected chi connectivity index (χ2v) is 5.52. The third-order valence-corrected chi connectivity index (χ3v) is 3.19. The van der Waals surface area contributed by atoms with Gasteiger partial charge in [-0.2, -0.15) is 0 Å². The molecule has 0 spiro atoms. The molecule has 0 amide bonds. The molecule has 1 aliphatic heterocycles. The van der Waals surface area contributed by atoms with Crippen LogP contribution in [0.3, 0.4) is 0 Å². The fourth-order valence-corrected chi connectivity index (χ4v) is 1.85. The second-order valence-electron chi connectivity index (χ2n) is 5.52. The zero-order valence-electron chi connectivity index (χ0n) is 10.5. The van der Waals surface area contributed by atoms with E-state index in [4.69, 9.17) is 4.74 Å². The molecule has 1 aliphatic rings. The highest BCUT2D eigenvalue weighted by atomic mass is 16.5. The summed E-state index contributed by atoms with van der Waals surface area (Å²) in [4.78, 5) is 0. The molecule has 2 N–H and O–H groups in total. The van der Waals surface area contributed by atoms with Gasteiger partial charge in [-0.15, -0.1) is 0 Å². The standard InChI is InChI=1S/C12H25NO2/c1-5-12(4,14)9-13-8-10-6-7-11(2,3)15-10/h10,13-14H,5-9H2,1-4H3. The van der Waals surface area contributed by atoms with Crippen molar-refractivity contribution in [2.45, 2.75) is 64.3 Å². The van der Waals surface area contributed by atoms with Crippen LogP contribution in [0.4, 0.5) is 0 Å². The van der Waals surface area contributed by atoms with Crippen LogP contribution in [0.5, 0.6) is 0 Å². The van der Waals surface area contributed by atoms with E-state index in [9.17, 15) is 5.11 Å². The lowest BCUT2D eigenvalue weighted by atomic mass is 10.0. The molecule has 0 aromatic carbocycles. The molecule has 1 rings (SSSR count). The van der Waals surface area contributed by atoms with Crippen molar-refractivity contribution in [1.29, 1.82) is 0 Å². The van der Waals surface area contributed by atoms with E-state index in [-0.39, 0.29) is 5.60 Å². The van der Waals surface area contributed by atoms with Gasteiger partial charge < -0.3 is 15.2 Å². The molecule has 1 fully saturated rings. The van der Waals surface area contributed by atoms with Crippen molar-refractivity contribution >= 4 is 0 Å². The Hall–Kier alpha value is -0.120. The molecule has 0 saturated carbocycles. The van der Waals surface area contributed by atoms with Crippen LogP contribution < -0.4 is 5.32 Å². The first-order chi connectivity index (χ1) is 6.85. The van der Waals surface area contributed by atoms with Crippen LogP contribution in [0.25, 0.3) is 0 Å². The van der Waals surface area contributed by atoms with Gasteiger partial charge in [0.1, 0.15) is 0 Å². The largest absolute Gasteiger partial charge is 0.389 e. The summed E-state index contributed by atoms with van der Waals surface area (Å²) in [6.07, 6.45) is 3.34. The highest BCUT2D eigenvalue weighted by molar-refractivity contribution is 4.83. The highest BCUT2D eigenvalue weighted by Crippen LogP contribution is 2.28. The number of rotatable bonds is 5. The van der Waals surface area contributed by atoms with E-state index in [1.54, 1.807) is 0 Å². The van der Waals surface area contributed by atoms with Crippen LogP contribution in [-0.2, 0) is 4.74 Å². The summed E-state index contributed by atoms with van der Waals surface area (Å²) >= 11 is 0. The van der Waals surface area contributed by atoms with Gasteiger partial charge in [-0.3, -0.25) is 0 Å². The minimum atomic E-state index is -0.589. The summed E-state index contributed by atoms with van der Waals surface area (Å²) in [7, 11) is 0. The van der Waals surface area contributed by atoms with Gasteiger partial charge in [0.2, 0.25) is 0 Å². The normalized spacial score (nSPS) is 29.0. The molecule has 15 heavy (non-hydrogen) atoms. The third kappa shape index (κ3) is 4.49. The molecule has 2 atom stereocenters. The zero-order chi connectivity index (χ0) is 11.5. The Morgan fingerprint density at radius 1 is 1.53 bits per heavy atom. The first-order valence-corrected chi connectivity index (χ1v) is 5.95. The number of hydrogen-bond donors (Lipinski definition) is 2. The minimum absolute atomic E-state index is 0.0413. The van der Waals surface area contributed by atoms with Gasteiger partial charge in [0.25, 0.3) is 0 Å². The van der Waals surface area contributed by atoms with Crippen LogP contribution in [0.1, 0.15) is 47.0 Å². The monoisotopic (exact) mass is 215 g/mol. The fraction of sp³-hybridized carbons (Fsp3) is 1.00. The minimum Gasteiger partial charge on any atom is -0.389 e. The van der Waals surface area contributed by atoms with Crippen LogP contribution in [-0.4, -0.2) is 35.5 Å². The van der Waals surface area contributed by atoms with Crippen molar-refractivity contribution in [3.63, 3.8) is 0 Å². The Morgan fingerprint density at radius 2 is 2.20 bits per heavy atom. The summed E-state index contributed by atoms with van der Waals surface area (Å²) in [5.74, 6) is 0. The number of nitrogens with one attached hydrogen (secondary N) is 1. The second kappa shape index (κ2) is 4.81. The number of aliphatic hydroxyl groups is 1. The zero-order valence-corrected chi connectivity index (χ0v) is 10.5. The molecule has 1 saturated heterocycles. The van der Waals surface area contributed by atoms with Gasteiger partial charge >= 0.3 is 0 Å². The molecule has 0 radical (unpaired) electrons. The summed E-state index contributed by atoms with van der Waals surface area (Å²) in [6.45, 7) is 9.62. The molecule has 1 heterocycles. The van der Waals surface area contributed by atoms with E-state index in [0.29, 0.717) is 12.6 Å². The van der Waals surface area contributed by atoms with E-state index in [2.05, 4.69) is 19.2 Å². The lowest BCUT2D eigenvalue weighted by Crippen LogP contribution is -2.40. The third-order valence-electron chi connectivity index (χ3n) is 3.19. The molecule has 0 aromatic rings. The SMILES string of the molecule is CCC(C)(O)CNCC1CCC(C)(C)O1. The van der Waals surface area contributed by atoms with E-state index < -0.39 is 5.60 Å². The maximum atomic E-state index is 9.80. The van der Waals surface area contributed by atoms with E-state index in [0.717, 1.165) is 25.8 Å². The number of ether oxygens (including phenoxy) is 1. The topological polar surface area (TPSA) is 41.5 Å². The van der Waals surface area contributed by atoms with Gasteiger partial charge in [-0.1, -0.05) is 6.92 Å². The van der Waals surface area contributed by atoms with E-state index >= 15 is 0 Å². The van der Waals surface area contributed by atoms with Crippen molar-refractivity contribution in [2.75, 3.05) is 13.1 Å². The molecule has 0 bridgehead atoms. The van der Waals surface area contributed by atoms with Crippen LogP contribution >= 0.6 is 0 Å². The van der Waals surface area contributed by atoms with Crippen LogP contribution in [0.2, 0.25) is 0 Å². The fourth-order valence-electron chi connectivity index (χ4n) is 1.85. The molecule has 0 aliphatic carbocycles. The van der Waals surface area contributed by atoms with Crippen molar-refractivity contribution < 1.29 is 9.84 Å².